The molecule has 12 unspecified atom stereocenters. The monoisotopic (exact) mass is 2040 g/mol. The van der Waals surface area contributed by atoms with Gasteiger partial charge in [-0.2, -0.15) is 0 Å². The van der Waals surface area contributed by atoms with Gasteiger partial charge in [0.15, 0.2) is 0 Å². The van der Waals surface area contributed by atoms with E-state index in [2.05, 4.69) is 0 Å². The van der Waals surface area contributed by atoms with Gasteiger partial charge in [-0.1, -0.05) is 547 Å². The smallest absolute Gasteiger partial charge is 0.139 e. The van der Waals surface area contributed by atoms with E-state index in [0.717, 1.165) is 61.7 Å². The Morgan fingerprint density at radius 2 is 0.331 bits per heavy atom. The van der Waals surface area contributed by atoms with Crippen molar-refractivity contribution in [2.75, 3.05) is 0 Å². The summed E-state index contributed by atoms with van der Waals surface area (Å²) in [6.07, 6.45) is 128. The fourth-order valence-corrected chi connectivity index (χ4v) is 31.7. The molecule has 28 rings (SSSR count). The van der Waals surface area contributed by atoms with Gasteiger partial charge in [0, 0.05) is 37.0 Å². The fourth-order valence-electron chi connectivity index (χ4n) is 31.7. The number of Topliss-reactive ketones (excluding diaryl/α,β-unsaturated/α-hetero) is 3. The zero-order valence-electron chi connectivity index (χ0n) is 106. The van der Waals surface area contributed by atoms with Crippen LogP contribution < -0.4 is 0 Å². The molecule has 0 heterocycles. The van der Waals surface area contributed by atoms with E-state index in [9.17, 15) is 14.4 Å². The summed E-state index contributed by atoms with van der Waals surface area (Å²) >= 11 is 0. The lowest BCUT2D eigenvalue weighted by molar-refractivity contribution is -0.140. The van der Waals surface area contributed by atoms with Crippen molar-refractivity contribution in [3.63, 3.8) is 0 Å². The van der Waals surface area contributed by atoms with Crippen molar-refractivity contribution in [3.05, 3.63) is 0 Å². The molecule has 0 aliphatic heterocycles. The van der Waals surface area contributed by atoms with Crippen molar-refractivity contribution in [2.24, 2.45) is 142 Å². The lowest BCUT2D eigenvalue weighted by Crippen LogP contribution is -2.45. The van der Waals surface area contributed by atoms with E-state index in [1.54, 1.807) is 180 Å². The van der Waals surface area contributed by atoms with Crippen LogP contribution in [0.25, 0.3) is 0 Å². The third-order valence-electron chi connectivity index (χ3n) is 38.1. The van der Waals surface area contributed by atoms with Crippen molar-refractivity contribution in [1.82, 2.24) is 0 Å². The number of fused-ring (bicyclic) bond motifs is 18. The Labute approximate surface area is 920 Å². The second kappa shape index (κ2) is 103. The zero-order chi connectivity index (χ0) is 108. The van der Waals surface area contributed by atoms with Crippen LogP contribution in [0.3, 0.4) is 0 Å². The molecule has 868 valence electrons. The van der Waals surface area contributed by atoms with Crippen LogP contribution in [-0.4, -0.2) is 17.3 Å². The van der Waals surface area contributed by atoms with Crippen LogP contribution >= 0.6 is 0 Å². The second-order valence-electron chi connectivity index (χ2n) is 47.1. The number of hydrogen-bond acceptors (Lipinski definition) is 3. The molecule has 0 aromatic rings. The lowest BCUT2D eigenvalue weighted by atomic mass is 9.54. The average Bonchev–Trinajstić information content (AvgIpc) is 1.56. The van der Waals surface area contributed by atoms with Crippen LogP contribution in [0.5, 0.6) is 0 Å². The highest BCUT2D eigenvalue weighted by Crippen LogP contribution is 2.68. The Bertz CT molecular complexity index is 2370. The summed E-state index contributed by atoms with van der Waals surface area (Å²) in [5.41, 5.74) is 0. The molecular weight excluding hydrogens is 1750 g/mol. The minimum Gasteiger partial charge on any atom is -0.300 e. The van der Waals surface area contributed by atoms with E-state index in [0.29, 0.717) is 35.1 Å². The molecule has 0 radical (unpaired) electrons. The Morgan fingerprint density at radius 1 is 0.138 bits per heavy atom. The number of carbonyl (C=O) groups is 3. The summed E-state index contributed by atoms with van der Waals surface area (Å²) in [7, 11) is 0. The maximum absolute atomic E-state index is 11.6. The summed E-state index contributed by atoms with van der Waals surface area (Å²) in [6.45, 7) is 56.0. The average molecular weight is 2040 g/mol. The topological polar surface area (TPSA) is 51.2 Å². The van der Waals surface area contributed by atoms with Crippen molar-refractivity contribution in [3.8, 4) is 0 Å². The van der Waals surface area contributed by atoms with E-state index in [-0.39, 0.29) is 0 Å². The largest absolute Gasteiger partial charge is 0.300 e. The van der Waals surface area contributed by atoms with Crippen molar-refractivity contribution < 1.29 is 14.4 Å². The first-order valence-electron chi connectivity index (χ1n) is 70.4. The normalized spacial score (nSPS) is 33.6. The Morgan fingerprint density at radius 3 is 0.524 bits per heavy atom. The van der Waals surface area contributed by atoms with Gasteiger partial charge >= 0.3 is 0 Å². The van der Waals surface area contributed by atoms with Crippen LogP contribution in [0.1, 0.15) is 752 Å². The quantitative estimate of drug-likeness (QED) is 0.179. The van der Waals surface area contributed by atoms with Gasteiger partial charge in [0.25, 0.3) is 0 Å². The van der Waals surface area contributed by atoms with E-state index in [1.165, 1.54) is 441 Å². The van der Waals surface area contributed by atoms with Crippen LogP contribution in [-0.2, 0) is 14.4 Å². The number of carbonyl (C=O) groups excluding carboxylic acids is 3. The van der Waals surface area contributed by atoms with Gasteiger partial charge in [-0.3, -0.25) is 14.4 Å². The predicted octanol–water partition coefficient (Wildman–Crippen LogP) is 50.0. The Hall–Kier alpha value is -0.990. The van der Waals surface area contributed by atoms with Gasteiger partial charge in [-0.05, 0) is 310 Å². The molecule has 0 aromatic heterocycles. The van der Waals surface area contributed by atoms with Gasteiger partial charge in [0.1, 0.15) is 17.3 Å². The molecule has 0 amide bonds. The van der Waals surface area contributed by atoms with E-state index in [4.69, 9.17) is 0 Å². The van der Waals surface area contributed by atoms with Gasteiger partial charge < -0.3 is 0 Å². The SMILES string of the molecule is C1C2CC3CC1CC(C2)C3.C1CC1.C1CC2CC1C1C3CCC(C3)C21.C1CC2CCC1C2.C1CCC1.C1CCC2C(C1)CCC1C3CCCC3CCC21.C1CCCC1.C1CCCCC1.C1CCCCCC1.C1CCCCCCC1.C1CCCCCCCCCCC1.CC.CC.CC.CC.CC.CC.CC.CC.CC.CC.CC.CC.CC.CC.O=C1C2CC3CC(C2)CC1C3.O=C1CC2CCC1C2.O=C1CCCCC1. The number of hydrogen-bond donors (Lipinski definition) is 0. The van der Waals surface area contributed by atoms with E-state index in [1.807, 2.05) is 194 Å². The molecule has 28 fully saturated rings. The molecule has 3 heteroatoms. The summed E-state index contributed by atoms with van der Waals surface area (Å²) in [5.74, 6) is 27.2. The third-order valence-corrected chi connectivity index (χ3v) is 38.1. The summed E-state index contributed by atoms with van der Waals surface area (Å²) < 4.78 is 0. The molecule has 0 aromatic carbocycles. The molecule has 28 aliphatic carbocycles. The third kappa shape index (κ3) is 62.1. The molecule has 28 saturated carbocycles. The predicted molar refractivity (Wildman–Crippen MR) is 659 cm³/mol. The van der Waals surface area contributed by atoms with E-state index < -0.39 is 0 Å². The fraction of sp³-hybridized carbons (Fsp3) is 0.979. The van der Waals surface area contributed by atoms with Crippen LogP contribution in [0.2, 0.25) is 0 Å². The highest BCUT2D eigenvalue weighted by molar-refractivity contribution is 5.85. The molecule has 3 nitrogen and oxygen atoms in total. The van der Waals surface area contributed by atoms with Gasteiger partial charge in [0.2, 0.25) is 0 Å². The summed E-state index contributed by atoms with van der Waals surface area (Å²) in [6, 6.07) is 0. The first-order chi connectivity index (χ1) is 71.8. The molecule has 16 bridgehead atoms. The molecule has 145 heavy (non-hydrogen) atoms. The number of rotatable bonds is 0. The van der Waals surface area contributed by atoms with Crippen molar-refractivity contribution >= 4 is 17.3 Å². The molecular formula is C142H282O3. The molecule has 0 saturated heterocycles. The highest BCUT2D eigenvalue weighted by Gasteiger charge is 2.59. The lowest BCUT2D eigenvalue weighted by Gasteiger charge is -2.51. The molecule has 0 spiro atoms. The van der Waals surface area contributed by atoms with Gasteiger partial charge in [-0.25, -0.2) is 0 Å². The molecule has 12 atom stereocenters. The first kappa shape index (κ1) is 146. The van der Waals surface area contributed by atoms with Gasteiger partial charge in [-0.15, -0.1) is 0 Å². The van der Waals surface area contributed by atoms with Crippen molar-refractivity contribution in [2.45, 2.75) is 752 Å². The number of ketones is 3. The second-order valence-corrected chi connectivity index (χ2v) is 47.1. The maximum Gasteiger partial charge on any atom is 0.139 e. The summed E-state index contributed by atoms with van der Waals surface area (Å²) in [5, 5.41) is 0. The van der Waals surface area contributed by atoms with Crippen LogP contribution in [0.4, 0.5) is 0 Å². The van der Waals surface area contributed by atoms with Crippen LogP contribution in [0, 0.1) is 142 Å². The van der Waals surface area contributed by atoms with Crippen molar-refractivity contribution in [1.29, 1.82) is 0 Å². The summed E-state index contributed by atoms with van der Waals surface area (Å²) in [4.78, 5) is 32.9. The highest BCUT2D eigenvalue weighted by atomic mass is 16.1. The standard InChI is InChI=1S/C17H28.C12H18.C12H24.C10H14O.C10H16.C8H16.C7H10O.C7H12.C7H14.C6H10O.C6H12.C5H10.C4H8.C3H6.14C2H6/c1-2-6-14-12(4-1)8-10-17-15-7-3-5-13(15)9-11-16(14)17;1-2-8-5-7(1)11-9-3-4-10(6-9)12(8)11;1-2-4-6-8-10-12-11-9-7-5-3-1;11-10-8-2-6-1-7(4-8)5-9(10)3-6;1-7-2-9-4-8(1)5-10(3-7)6-9;1-2-4-6-8-7-5-3-1;8-7-4-5-1-2-6(7)3-5;1-2-7-4-3-6(1)5-7;1-2-4-6-7-5-3-1;7-6-4-2-1-3-5-6;1-2-4-6-5-3-1;1-2-4-5-3-1;1-2-4-3-1;1-2-3-1;14*1-2/h12-17H,1-11H2;7-12H,1-6H2;1-12H2;6-9H,1-5H2;7-10H,1-6H2;1-8H2;5-6H,1-4H2;6-7H,1-5H2;1-7H2;1-5H2;1-6H2;1-5H2;1-4H2;1-3H2;14*1-2H3. The Kier molecular flexibility index (Phi) is 104. The maximum atomic E-state index is 11.6. The Balaban J connectivity index is 0. The molecule has 28 aliphatic rings. The zero-order valence-corrected chi connectivity index (χ0v) is 106. The van der Waals surface area contributed by atoms with E-state index >= 15 is 0 Å². The minimum atomic E-state index is 0.464. The first-order valence-corrected chi connectivity index (χ1v) is 70.4. The van der Waals surface area contributed by atoms with Gasteiger partial charge in [0.05, 0.1) is 0 Å². The van der Waals surface area contributed by atoms with Crippen LogP contribution in [0.15, 0.2) is 0 Å². The minimum absolute atomic E-state index is 0.464. The molecule has 0 N–H and O–H groups in total.